The summed E-state index contributed by atoms with van der Waals surface area (Å²) in [6.07, 6.45) is 1.70. The summed E-state index contributed by atoms with van der Waals surface area (Å²) in [5.74, 6) is -0.273. The maximum absolute atomic E-state index is 14.1. The molecule has 1 atom stereocenters. The van der Waals surface area contributed by atoms with Crippen LogP contribution in [0, 0.1) is 5.82 Å². The number of hydrogen-bond donors (Lipinski definition) is 2. The maximum Gasteiger partial charge on any atom is 0.315 e. The Morgan fingerprint density at radius 3 is 2.36 bits per heavy atom. The topological polar surface area (TPSA) is 54.0 Å². The molecule has 0 saturated heterocycles. The largest absolute Gasteiger partial charge is 0.337 e. The van der Waals surface area contributed by atoms with E-state index >= 15 is 0 Å². The number of carbonyl (C=O) groups is 1. The number of urea groups is 1. The number of amides is 2. The second kappa shape index (κ2) is 8.65. The molecule has 1 unspecified atom stereocenters. The van der Waals surface area contributed by atoms with Gasteiger partial charge < -0.3 is 10.6 Å². The van der Waals surface area contributed by atoms with Crippen LogP contribution < -0.4 is 10.6 Å². The van der Waals surface area contributed by atoms with Crippen molar-refractivity contribution in [2.45, 2.75) is 25.3 Å². The predicted octanol–water partition coefficient (Wildman–Crippen LogP) is 4.59. The van der Waals surface area contributed by atoms with Gasteiger partial charge in [0.1, 0.15) is 5.82 Å². The first kappa shape index (κ1) is 19.5. The number of hydrogen-bond acceptors (Lipinski definition) is 2. The molecule has 2 amide bonds. The third kappa shape index (κ3) is 4.74. The lowest BCUT2D eigenvalue weighted by Crippen LogP contribution is -2.44. The van der Waals surface area contributed by atoms with E-state index in [1.54, 1.807) is 24.4 Å². The van der Waals surface area contributed by atoms with Crippen molar-refractivity contribution >= 4 is 6.03 Å². The summed E-state index contributed by atoms with van der Waals surface area (Å²) in [7, 11) is 0. The van der Waals surface area contributed by atoms with Crippen LogP contribution in [0.2, 0.25) is 0 Å². The number of halogens is 1. The quantitative estimate of drug-likeness (QED) is 0.660. The molecule has 3 rings (SSSR count). The summed E-state index contributed by atoms with van der Waals surface area (Å²) >= 11 is 0. The number of nitrogens with zero attached hydrogens (tertiary/aromatic N) is 1. The molecule has 0 radical (unpaired) electrons. The van der Waals surface area contributed by atoms with Crippen LogP contribution in [0.25, 0.3) is 0 Å². The third-order valence-corrected chi connectivity index (χ3v) is 4.69. The molecule has 0 bridgehead atoms. The molecular formula is C23H24FN3O. The van der Waals surface area contributed by atoms with E-state index in [0.717, 1.165) is 11.3 Å². The van der Waals surface area contributed by atoms with Gasteiger partial charge in [0.25, 0.3) is 0 Å². The number of carbonyl (C=O) groups excluding carboxylic acids is 1. The fourth-order valence-corrected chi connectivity index (χ4v) is 3.11. The fraction of sp³-hybridized carbons (Fsp3) is 0.217. The Bertz CT molecular complexity index is 874. The minimum atomic E-state index is -0.546. The lowest BCUT2D eigenvalue weighted by atomic mass is 9.84. The smallest absolute Gasteiger partial charge is 0.315 e. The van der Waals surface area contributed by atoms with Crippen LogP contribution in [0.4, 0.5) is 9.18 Å². The van der Waals surface area contributed by atoms with Crippen LogP contribution in [0.1, 0.15) is 36.7 Å². The lowest BCUT2D eigenvalue weighted by Gasteiger charge is -2.27. The molecule has 1 heterocycles. The van der Waals surface area contributed by atoms with Crippen LogP contribution in [-0.2, 0) is 5.41 Å². The van der Waals surface area contributed by atoms with Gasteiger partial charge in [0.05, 0.1) is 11.7 Å². The lowest BCUT2D eigenvalue weighted by molar-refractivity contribution is 0.235. The molecule has 144 valence electrons. The Labute approximate surface area is 164 Å². The molecule has 2 aromatic carbocycles. The van der Waals surface area contributed by atoms with Gasteiger partial charge in [-0.1, -0.05) is 68.4 Å². The van der Waals surface area contributed by atoms with Crippen molar-refractivity contribution in [2.24, 2.45) is 0 Å². The number of pyridine rings is 1. The first-order chi connectivity index (χ1) is 13.5. The Balaban J connectivity index is 1.72. The molecule has 1 aromatic heterocycles. The highest BCUT2D eigenvalue weighted by molar-refractivity contribution is 5.75. The minimum Gasteiger partial charge on any atom is -0.337 e. The van der Waals surface area contributed by atoms with E-state index in [9.17, 15) is 9.18 Å². The second-order valence-electron chi connectivity index (χ2n) is 7.29. The van der Waals surface area contributed by atoms with Crippen LogP contribution >= 0.6 is 0 Å². The molecule has 3 aromatic rings. The van der Waals surface area contributed by atoms with Crippen molar-refractivity contribution in [1.29, 1.82) is 0 Å². The van der Waals surface area contributed by atoms with Crippen molar-refractivity contribution < 1.29 is 9.18 Å². The summed E-state index contributed by atoms with van der Waals surface area (Å²) in [5, 5.41) is 5.86. The normalized spacial score (nSPS) is 12.2. The Hall–Kier alpha value is -3.21. The van der Waals surface area contributed by atoms with Crippen LogP contribution in [0.15, 0.2) is 79.0 Å². The molecule has 28 heavy (non-hydrogen) atoms. The first-order valence-electron chi connectivity index (χ1n) is 9.22. The van der Waals surface area contributed by atoms with E-state index in [0.29, 0.717) is 12.1 Å². The summed E-state index contributed by atoms with van der Waals surface area (Å²) in [4.78, 5) is 17.0. The number of rotatable bonds is 6. The Kier molecular flexibility index (Phi) is 6.04. The van der Waals surface area contributed by atoms with Gasteiger partial charge in [-0.15, -0.1) is 0 Å². The van der Waals surface area contributed by atoms with Crippen LogP contribution in [0.3, 0.4) is 0 Å². The van der Waals surface area contributed by atoms with Crippen LogP contribution in [-0.4, -0.2) is 17.6 Å². The molecule has 0 aliphatic carbocycles. The van der Waals surface area contributed by atoms with Crippen molar-refractivity contribution in [1.82, 2.24) is 15.6 Å². The van der Waals surface area contributed by atoms with Gasteiger partial charge in [-0.25, -0.2) is 9.18 Å². The molecule has 0 fully saturated rings. The van der Waals surface area contributed by atoms with Gasteiger partial charge in [0.15, 0.2) is 0 Å². The van der Waals surface area contributed by atoms with Crippen molar-refractivity contribution in [3.8, 4) is 0 Å². The standard InChI is InChI=1S/C23H24FN3O/c1-23(2,18-12-6-7-13-19(18)24)16-26-22(28)27-21(17-10-4-3-5-11-17)20-14-8-9-15-25-20/h3-15,21H,16H2,1-2H3,(H2,26,27,28). The van der Waals surface area contributed by atoms with E-state index in [1.165, 1.54) is 6.07 Å². The summed E-state index contributed by atoms with van der Waals surface area (Å²) in [5.41, 5.74) is 1.71. The van der Waals surface area contributed by atoms with Crippen molar-refractivity contribution in [3.05, 3.63) is 102 Å². The number of nitrogens with one attached hydrogen (secondary N) is 2. The van der Waals surface area contributed by atoms with E-state index < -0.39 is 5.41 Å². The highest BCUT2D eigenvalue weighted by Gasteiger charge is 2.25. The zero-order chi connectivity index (χ0) is 20.0. The van der Waals surface area contributed by atoms with E-state index in [-0.39, 0.29) is 17.9 Å². The highest BCUT2D eigenvalue weighted by atomic mass is 19.1. The van der Waals surface area contributed by atoms with E-state index in [4.69, 9.17) is 0 Å². The number of aromatic nitrogens is 1. The monoisotopic (exact) mass is 377 g/mol. The summed E-state index contributed by atoms with van der Waals surface area (Å²) < 4.78 is 14.1. The van der Waals surface area contributed by atoms with E-state index in [2.05, 4.69) is 15.6 Å². The van der Waals surface area contributed by atoms with E-state index in [1.807, 2.05) is 62.4 Å². The summed E-state index contributed by atoms with van der Waals surface area (Å²) in [6, 6.07) is 21.2. The van der Waals surface area contributed by atoms with Gasteiger partial charge in [-0.3, -0.25) is 4.98 Å². The average Bonchev–Trinajstić information content (AvgIpc) is 2.72. The van der Waals surface area contributed by atoms with Crippen molar-refractivity contribution in [2.75, 3.05) is 6.54 Å². The predicted molar refractivity (Wildman–Crippen MR) is 108 cm³/mol. The Morgan fingerprint density at radius 1 is 1.00 bits per heavy atom. The van der Waals surface area contributed by atoms with Gasteiger partial charge in [0, 0.05) is 18.2 Å². The van der Waals surface area contributed by atoms with Gasteiger partial charge in [-0.05, 0) is 29.3 Å². The molecule has 4 nitrogen and oxygen atoms in total. The Morgan fingerprint density at radius 2 is 1.68 bits per heavy atom. The second-order valence-corrected chi connectivity index (χ2v) is 7.29. The molecule has 0 saturated carbocycles. The zero-order valence-electron chi connectivity index (χ0n) is 16.0. The third-order valence-electron chi connectivity index (χ3n) is 4.69. The van der Waals surface area contributed by atoms with Crippen LogP contribution in [0.5, 0.6) is 0 Å². The molecule has 0 spiro atoms. The minimum absolute atomic E-state index is 0.273. The fourth-order valence-electron chi connectivity index (χ4n) is 3.11. The molecule has 5 heteroatoms. The first-order valence-corrected chi connectivity index (χ1v) is 9.22. The SMILES string of the molecule is CC(C)(CNC(=O)NC(c1ccccc1)c1ccccn1)c1ccccc1F. The van der Waals surface area contributed by atoms with Gasteiger partial charge >= 0.3 is 6.03 Å². The molecule has 2 N–H and O–H groups in total. The van der Waals surface area contributed by atoms with Crippen molar-refractivity contribution in [3.63, 3.8) is 0 Å². The van der Waals surface area contributed by atoms with Gasteiger partial charge in [-0.2, -0.15) is 0 Å². The molecule has 0 aliphatic rings. The number of benzene rings is 2. The average molecular weight is 377 g/mol. The maximum atomic E-state index is 14.1. The zero-order valence-corrected chi connectivity index (χ0v) is 16.0. The molecule has 0 aliphatic heterocycles. The molecular weight excluding hydrogens is 353 g/mol. The highest BCUT2D eigenvalue weighted by Crippen LogP contribution is 2.25. The van der Waals surface area contributed by atoms with Gasteiger partial charge in [0.2, 0.25) is 0 Å². The summed E-state index contributed by atoms with van der Waals surface area (Å²) in [6.45, 7) is 4.10.